The number of aryl methyl sites for hydroxylation is 2. The number of benzene rings is 4. The van der Waals surface area contributed by atoms with Gasteiger partial charge in [0.2, 0.25) is 5.91 Å². The van der Waals surface area contributed by atoms with Crippen LogP contribution in [-0.4, -0.2) is 54.6 Å². The van der Waals surface area contributed by atoms with E-state index < -0.39 is 11.3 Å². The van der Waals surface area contributed by atoms with Crippen LogP contribution in [0, 0.1) is 13.8 Å². The first kappa shape index (κ1) is 34.0. The summed E-state index contributed by atoms with van der Waals surface area (Å²) in [5.41, 5.74) is 12.5. The highest BCUT2D eigenvalue weighted by Crippen LogP contribution is 2.38. The van der Waals surface area contributed by atoms with E-state index in [2.05, 4.69) is 90.8 Å². The van der Waals surface area contributed by atoms with Crippen LogP contribution in [0.5, 0.6) is 5.75 Å². The molecule has 7 nitrogen and oxygen atoms in total. The minimum atomic E-state index is -0.551. The van der Waals surface area contributed by atoms with Crippen LogP contribution in [0.2, 0.25) is 0 Å². The van der Waals surface area contributed by atoms with Crippen molar-refractivity contribution in [2.75, 3.05) is 33.3 Å². The van der Waals surface area contributed by atoms with Crippen molar-refractivity contribution in [3.05, 3.63) is 137 Å². The molecule has 0 unspecified atom stereocenters. The Morgan fingerprint density at radius 3 is 2.10 bits per heavy atom. The van der Waals surface area contributed by atoms with E-state index in [1.54, 1.807) is 17.7 Å². The first-order valence-corrected chi connectivity index (χ1v) is 17.4. The van der Waals surface area contributed by atoms with Crippen molar-refractivity contribution in [3.63, 3.8) is 0 Å². The van der Waals surface area contributed by atoms with Gasteiger partial charge < -0.3 is 25.3 Å². The number of hydrogen-bond acceptors (Lipinski definition) is 4. The molecule has 0 aliphatic carbocycles. The van der Waals surface area contributed by atoms with Crippen LogP contribution >= 0.6 is 0 Å². The van der Waals surface area contributed by atoms with E-state index >= 15 is 0 Å². The van der Waals surface area contributed by atoms with Gasteiger partial charge in [-0.1, -0.05) is 96.1 Å². The Labute approximate surface area is 290 Å². The second kappa shape index (κ2) is 15.1. The van der Waals surface area contributed by atoms with E-state index in [0.717, 1.165) is 62.0 Å². The third-order valence-corrected chi connectivity index (χ3v) is 10.4. The van der Waals surface area contributed by atoms with Crippen molar-refractivity contribution in [3.8, 4) is 5.75 Å². The summed E-state index contributed by atoms with van der Waals surface area (Å²) in [4.78, 5) is 28.7. The summed E-state index contributed by atoms with van der Waals surface area (Å²) in [5.74, 6) is 0.782. The molecule has 1 aliphatic heterocycles. The van der Waals surface area contributed by atoms with Crippen LogP contribution < -0.4 is 15.8 Å². The maximum absolute atomic E-state index is 13.8. The molecule has 3 N–H and O–H groups in total. The first-order valence-electron chi connectivity index (χ1n) is 17.4. The van der Waals surface area contributed by atoms with Crippen LogP contribution in [0.25, 0.3) is 10.9 Å². The number of hydrogen-bond donors (Lipinski definition) is 2. The Hall–Kier alpha value is -4.88. The molecule has 4 aromatic carbocycles. The zero-order valence-electron chi connectivity index (χ0n) is 29.0. The summed E-state index contributed by atoms with van der Waals surface area (Å²) < 4.78 is 7.39. The Kier molecular flexibility index (Phi) is 10.5. The first-order chi connectivity index (χ1) is 23.8. The van der Waals surface area contributed by atoms with Gasteiger partial charge in [-0.2, -0.15) is 0 Å². The minimum Gasteiger partial charge on any atom is -0.496 e. The minimum absolute atomic E-state index is 0.00477. The Morgan fingerprint density at radius 2 is 1.47 bits per heavy atom. The van der Waals surface area contributed by atoms with Gasteiger partial charge in [-0.25, -0.2) is 0 Å². The molecule has 5 aromatic rings. The molecule has 6 rings (SSSR count). The van der Waals surface area contributed by atoms with Gasteiger partial charge in [0.1, 0.15) is 18.0 Å². The van der Waals surface area contributed by atoms with E-state index in [4.69, 9.17) is 10.5 Å². The van der Waals surface area contributed by atoms with Crippen molar-refractivity contribution < 1.29 is 14.3 Å². The molecule has 1 aromatic heterocycles. The number of piperidine rings is 1. The van der Waals surface area contributed by atoms with Crippen LogP contribution in [0.15, 0.2) is 103 Å². The molecule has 1 saturated heterocycles. The predicted octanol–water partition coefficient (Wildman–Crippen LogP) is 7.13. The molecule has 7 heteroatoms. The van der Waals surface area contributed by atoms with E-state index in [9.17, 15) is 9.59 Å². The lowest BCUT2D eigenvalue weighted by molar-refractivity contribution is -0.121. The van der Waals surface area contributed by atoms with Crippen molar-refractivity contribution in [2.24, 2.45) is 5.73 Å². The maximum atomic E-state index is 13.8. The summed E-state index contributed by atoms with van der Waals surface area (Å²) in [6.45, 7) is 7.73. The highest BCUT2D eigenvalue weighted by molar-refractivity contribution is 5.98. The molecule has 1 aliphatic rings. The molecular weight excluding hydrogens is 608 g/mol. The number of aromatic nitrogens is 1. The van der Waals surface area contributed by atoms with E-state index in [1.807, 2.05) is 30.3 Å². The molecule has 0 bridgehead atoms. The van der Waals surface area contributed by atoms with Crippen LogP contribution in [0.1, 0.15) is 69.9 Å². The van der Waals surface area contributed by atoms with Gasteiger partial charge in [-0.15, -0.1) is 0 Å². The van der Waals surface area contributed by atoms with Gasteiger partial charge in [-0.3, -0.25) is 9.59 Å². The van der Waals surface area contributed by atoms with Crippen LogP contribution in [0.4, 0.5) is 0 Å². The lowest BCUT2D eigenvalue weighted by Gasteiger charge is -2.37. The number of rotatable bonds is 13. The number of nitrogens with zero attached hydrogens (tertiary/aromatic N) is 2. The molecular formula is C42H48N4O3. The summed E-state index contributed by atoms with van der Waals surface area (Å²) in [6, 6.07) is 35.3. The van der Waals surface area contributed by atoms with Gasteiger partial charge in [0.05, 0.1) is 7.11 Å². The third-order valence-electron chi connectivity index (χ3n) is 10.4. The number of primary amides is 1. The molecule has 0 radical (unpaired) electrons. The summed E-state index contributed by atoms with van der Waals surface area (Å²) >= 11 is 0. The Morgan fingerprint density at radius 1 is 0.857 bits per heavy atom. The highest BCUT2D eigenvalue weighted by Gasteiger charge is 2.35. The number of nitrogens with one attached hydrogen (secondary N) is 1. The monoisotopic (exact) mass is 656 g/mol. The van der Waals surface area contributed by atoms with Gasteiger partial charge >= 0.3 is 0 Å². The molecule has 0 atom stereocenters. The standard InChI is InChI=1S/C42H48N4O3/c1-30-13-17-34(18-14-30)42(35-19-15-31(2)16-20-35,23-8-24-45-25-21-32(22-26-45)36-10-5-7-12-39(36)49-3)29-44-40(47)28-46-37-11-6-4-9-33(37)27-38(46)41(43)48/h4-7,9-20,27,32H,8,21-26,28-29H2,1-3H3,(H2,43,48)(H,44,47). The lowest BCUT2D eigenvalue weighted by atomic mass is 9.70. The van der Waals surface area contributed by atoms with Gasteiger partial charge in [-0.05, 0) is 100.0 Å². The average Bonchev–Trinajstić information content (AvgIpc) is 3.49. The number of likely N-dealkylation sites (tertiary alicyclic amines) is 1. The van der Waals surface area contributed by atoms with Crippen molar-refractivity contribution in [1.82, 2.24) is 14.8 Å². The lowest BCUT2D eigenvalue weighted by Crippen LogP contribution is -2.43. The number of ether oxygens (including phenoxy) is 1. The second-order valence-electron chi connectivity index (χ2n) is 13.6. The second-order valence-corrected chi connectivity index (χ2v) is 13.6. The Balaban J connectivity index is 1.22. The van der Waals surface area contributed by atoms with Crippen LogP contribution in [-0.2, 0) is 16.8 Å². The summed E-state index contributed by atoms with van der Waals surface area (Å²) in [7, 11) is 1.76. The molecule has 2 amide bonds. The highest BCUT2D eigenvalue weighted by atomic mass is 16.5. The average molecular weight is 657 g/mol. The quantitative estimate of drug-likeness (QED) is 0.141. The van der Waals surface area contributed by atoms with Gasteiger partial charge in [0.15, 0.2) is 0 Å². The molecule has 49 heavy (non-hydrogen) atoms. The zero-order valence-corrected chi connectivity index (χ0v) is 29.0. The maximum Gasteiger partial charge on any atom is 0.265 e. The number of carbonyl (C=O) groups is 2. The molecule has 254 valence electrons. The summed E-state index contributed by atoms with van der Waals surface area (Å²) in [5, 5.41) is 4.18. The number of para-hydroxylation sites is 2. The third kappa shape index (κ3) is 7.57. The fraction of sp³-hybridized carbons (Fsp3) is 0.333. The van der Waals surface area contributed by atoms with Gasteiger partial charge in [0, 0.05) is 22.9 Å². The fourth-order valence-electron chi connectivity index (χ4n) is 7.60. The number of amides is 2. The predicted molar refractivity (Wildman–Crippen MR) is 197 cm³/mol. The van der Waals surface area contributed by atoms with Crippen molar-refractivity contribution >= 4 is 22.7 Å². The van der Waals surface area contributed by atoms with Crippen molar-refractivity contribution in [1.29, 1.82) is 0 Å². The van der Waals surface area contributed by atoms with Crippen molar-refractivity contribution in [2.45, 2.75) is 57.4 Å². The molecule has 0 spiro atoms. The summed E-state index contributed by atoms with van der Waals surface area (Å²) in [6.07, 6.45) is 4.06. The normalized spacial score (nSPS) is 14.2. The fourth-order valence-corrected chi connectivity index (χ4v) is 7.60. The smallest absolute Gasteiger partial charge is 0.265 e. The van der Waals surface area contributed by atoms with E-state index in [1.165, 1.54) is 27.8 Å². The number of methoxy groups -OCH3 is 1. The zero-order chi connectivity index (χ0) is 34.4. The van der Waals surface area contributed by atoms with Crippen LogP contribution in [0.3, 0.4) is 0 Å². The number of nitrogens with two attached hydrogens (primary N) is 1. The number of carbonyl (C=O) groups excluding carboxylic acids is 2. The number of fused-ring (bicyclic) bond motifs is 1. The molecule has 1 fully saturated rings. The topological polar surface area (TPSA) is 89.6 Å². The van der Waals surface area contributed by atoms with E-state index in [0.29, 0.717) is 18.2 Å². The SMILES string of the molecule is COc1ccccc1C1CCN(CCCC(CNC(=O)Cn2c(C(N)=O)cc3ccccc32)(c2ccc(C)cc2)c2ccc(C)cc2)CC1. The Bertz CT molecular complexity index is 1840. The van der Waals surface area contributed by atoms with Gasteiger partial charge in [0.25, 0.3) is 5.91 Å². The van der Waals surface area contributed by atoms with E-state index in [-0.39, 0.29) is 12.5 Å². The molecule has 0 saturated carbocycles. The molecule has 2 heterocycles. The largest absolute Gasteiger partial charge is 0.496 e.